The second-order valence-corrected chi connectivity index (χ2v) is 5.56. The lowest BCUT2D eigenvalue weighted by atomic mass is 9.98. The van der Waals surface area contributed by atoms with E-state index < -0.39 is 6.10 Å². The number of aliphatic hydroxyl groups excluding tert-OH is 1. The smallest absolute Gasteiger partial charge is 0.119 e. The average molecular weight is 284 g/mol. The summed E-state index contributed by atoms with van der Waals surface area (Å²) in [7, 11) is 0. The maximum absolute atomic E-state index is 10.4. The Morgan fingerprint density at radius 1 is 1.00 bits per heavy atom. The zero-order valence-corrected chi connectivity index (χ0v) is 13.1. The lowest BCUT2D eigenvalue weighted by molar-refractivity contribution is 0.178. The van der Waals surface area contributed by atoms with Crippen molar-refractivity contribution in [1.82, 2.24) is 0 Å². The SMILES string of the molecule is CCCOc1ccc(C(O)Cc2ccc(C)c(C)c2)cc1. The highest BCUT2D eigenvalue weighted by Gasteiger charge is 2.09. The van der Waals surface area contributed by atoms with E-state index in [0.29, 0.717) is 6.42 Å². The molecule has 1 atom stereocenters. The van der Waals surface area contributed by atoms with E-state index in [1.165, 1.54) is 11.1 Å². The molecule has 0 spiro atoms. The standard InChI is InChI=1S/C19H24O2/c1-4-11-21-18-9-7-17(8-10-18)19(20)13-16-6-5-14(2)15(3)12-16/h5-10,12,19-20H,4,11,13H2,1-3H3. The van der Waals surface area contributed by atoms with E-state index in [0.717, 1.165) is 29.9 Å². The van der Waals surface area contributed by atoms with E-state index in [1.807, 2.05) is 24.3 Å². The maximum atomic E-state index is 10.4. The van der Waals surface area contributed by atoms with Crippen LogP contribution in [0, 0.1) is 13.8 Å². The third-order valence-corrected chi connectivity index (χ3v) is 3.74. The molecule has 0 heterocycles. The van der Waals surface area contributed by atoms with E-state index >= 15 is 0 Å². The molecule has 0 aliphatic carbocycles. The predicted molar refractivity (Wildman–Crippen MR) is 86.8 cm³/mol. The summed E-state index contributed by atoms with van der Waals surface area (Å²) in [5, 5.41) is 10.4. The van der Waals surface area contributed by atoms with Crippen LogP contribution in [0.2, 0.25) is 0 Å². The van der Waals surface area contributed by atoms with Gasteiger partial charge in [0.2, 0.25) is 0 Å². The van der Waals surface area contributed by atoms with Crippen LogP contribution in [0.5, 0.6) is 5.75 Å². The average Bonchev–Trinajstić information content (AvgIpc) is 2.49. The monoisotopic (exact) mass is 284 g/mol. The van der Waals surface area contributed by atoms with Gasteiger partial charge in [-0.15, -0.1) is 0 Å². The van der Waals surface area contributed by atoms with Crippen LogP contribution < -0.4 is 4.74 Å². The molecular formula is C19H24O2. The summed E-state index contributed by atoms with van der Waals surface area (Å²) in [5.41, 5.74) is 4.64. The van der Waals surface area contributed by atoms with Crippen LogP contribution in [0.25, 0.3) is 0 Å². The van der Waals surface area contributed by atoms with Crippen LogP contribution in [0.15, 0.2) is 42.5 Å². The molecule has 2 heteroatoms. The Morgan fingerprint density at radius 2 is 1.71 bits per heavy atom. The Kier molecular flexibility index (Phi) is 5.40. The molecule has 21 heavy (non-hydrogen) atoms. The summed E-state index contributed by atoms with van der Waals surface area (Å²) in [5.74, 6) is 0.860. The Balaban J connectivity index is 2.02. The van der Waals surface area contributed by atoms with Crippen LogP contribution in [0.4, 0.5) is 0 Å². The first-order valence-corrected chi connectivity index (χ1v) is 7.57. The quantitative estimate of drug-likeness (QED) is 0.853. The Hall–Kier alpha value is -1.80. The Bertz CT molecular complexity index is 573. The molecule has 112 valence electrons. The summed E-state index contributed by atoms with van der Waals surface area (Å²) in [6, 6.07) is 14.1. The van der Waals surface area contributed by atoms with Gasteiger partial charge in [0.25, 0.3) is 0 Å². The molecule has 1 unspecified atom stereocenters. The first-order chi connectivity index (χ1) is 10.1. The van der Waals surface area contributed by atoms with Gasteiger partial charge in [-0.25, -0.2) is 0 Å². The summed E-state index contributed by atoms with van der Waals surface area (Å²) < 4.78 is 5.56. The fraction of sp³-hybridized carbons (Fsp3) is 0.368. The fourth-order valence-corrected chi connectivity index (χ4v) is 2.28. The van der Waals surface area contributed by atoms with Crippen molar-refractivity contribution in [2.24, 2.45) is 0 Å². The van der Waals surface area contributed by atoms with Gasteiger partial charge in [0.15, 0.2) is 0 Å². The maximum Gasteiger partial charge on any atom is 0.119 e. The molecule has 2 nitrogen and oxygen atoms in total. The number of ether oxygens (including phenoxy) is 1. The molecule has 0 aliphatic heterocycles. The van der Waals surface area contributed by atoms with Crippen molar-refractivity contribution < 1.29 is 9.84 Å². The molecule has 1 N–H and O–H groups in total. The van der Waals surface area contributed by atoms with Gasteiger partial charge in [0, 0.05) is 6.42 Å². The van der Waals surface area contributed by atoms with Gasteiger partial charge in [0.05, 0.1) is 12.7 Å². The first kappa shape index (κ1) is 15.6. The molecule has 0 aliphatic rings. The third kappa shape index (κ3) is 4.33. The van der Waals surface area contributed by atoms with E-state index in [1.54, 1.807) is 0 Å². The number of aliphatic hydroxyl groups is 1. The van der Waals surface area contributed by atoms with Gasteiger partial charge in [-0.05, 0) is 54.7 Å². The van der Waals surface area contributed by atoms with Crippen molar-refractivity contribution in [2.45, 2.75) is 39.7 Å². The zero-order chi connectivity index (χ0) is 15.2. The molecule has 2 rings (SSSR count). The van der Waals surface area contributed by atoms with E-state index in [4.69, 9.17) is 4.74 Å². The molecule has 2 aromatic rings. The van der Waals surface area contributed by atoms with Gasteiger partial charge in [-0.1, -0.05) is 37.3 Å². The van der Waals surface area contributed by atoms with Gasteiger partial charge in [0.1, 0.15) is 5.75 Å². The van der Waals surface area contributed by atoms with Crippen molar-refractivity contribution in [3.63, 3.8) is 0 Å². The highest BCUT2D eigenvalue weighted by molar-refractivity contribution is 5.33. The second kappa shape index (κ2) is 7.28. The lowest BCUT2D eigenvalue weighted by Crippen LogP contribution is -2.02. The molecule has 0 bridgehead atoms. The molecule has 0 aromatic heterocycles. The minimum Gasteiger partial charge on any atom is -0.494 e. The van der Waals surface area contributed by atoms with Gasteiger partial charge < -0.3 is 9.84 Å². The fourth-order valence-electron chi connectivity index (χ4n) is 2.28. The van der Waals surface area contributed by atoms with Crippen LogP contribution >= 0.6 is 0 Å². The minimum atomic E-state index is -0.479. The van der Waals surface area contributed by atoms with Crippen molar-refractivity contribution in [2.75, 3.05) is 6.61 Å². The zero-order valence-electron chi connectivity index (χ0n) is 13.1. The van der Waals surface area contributed by atoms with Crippen LogP contribution in [-0.2, 0) is 6.42 Å². The number of rotatable bonds is 6. The third-order valence-electron chi connectivity index (χ3n) is 3.74. The van der Waals surface area contributed by atoms with E-state index in [-0.39, 0.29) is 0 Å². The van der Waals surface area contributed by atoms with Crippen molar-refractivity contribution in [1.29, 1.82) is 0 Å². The molecule has 0 fully saturated rings. The van der Waals surface area contributed by atoms with Crippen molar-refractivity contribution >= 4 is 0 Å². The number of aryl methyl sites for hydroxylation is 2. The largest absolute Gasteiger partial charge is 0.494 e. The van der Waals surface area contributed by atoms with Crippen LogP contribution in [0.1, 0.15) is 41.7 Å². The first-order valence-electron chi connectivity index (χ1n) is 7.57. The molecule has 0 amide bonds. The number of hydrogen-bond donors (Lipinski definition) is 1. The number of hydrogen-bond acceptors (Lipinski definition) is 2. The van der Waals surface area contributed by atoms with Crippen LogP contribution in [0.3, 0.4) is 0 Å². The normalized spacial score (nSPS) is 12.2. The minimum absolute atomic E-state index is 0.479. The van der Waals surface area contributed by atoms with Gasteiger partial charge in [-0.3, -0.25) is 0 Å². The summed E-state index contributed by atoms with van der Waals surface area (Å²) in [6.45, 7) is 7.02. The Morgan fingerprint density at radius 3 is 2.33 bits per heavy atom. The highest BCUT2D eigenvalue weighted by atomic mass is 16.5. The summed E-state index contributed by atoms with van der Waals surface area (Å²) in [4.78, 5) is 0. The molecule has 2 aromatic carbocycles. The molecule has 0 radical (unpaired) electrons. The molecule has 0 saturated heterocycles. The number of benzene rings is 2. The summed E-state index contributed by atoms with van der Waals surface area (Å²) in [6.07, 6.45) is 1.15. The molecule has 0 saturated carbocycles. The predicted octanol–water partition coefficient (Wildman–Crippen LogP) is 4.37. The Labute approximate surface area is 127 Å². The topological polar surface area (TPSA) is 29.5 Å². The summed E-state index contributed by atoms with van der Waals surface area (Å²) >= 11 is 0. The van der Waals surface area contributed by atoms with Gasteiger partial charge in [-0.2, -0.15) is 0 Å². The van der Waals surface area contributed by atoms with E-state index in [2.05, 4.69) is 39.0 Å². The van der Waals surface area contributed by atoms with E-state index in [9.17, 15) is 5.11 Å². The van der Waals surface area contributed by atoms with Crippen LogP contribution in [-0.4, -0.2) is 11.7 Å². The van der Waals surface area contributed by atoms with Gasteiger partial charge >= 0.3 is 0 Å². The van der Waals surface area contributed by atoms with Crippen molar-refractivity contribution in [3.8, 4) is 5.75 Å². The second-order valence-electron chi connectivity index (χ2n) is 5.56. The van der Waals surface area contributed by atoms with Crippen molar-refractivity contribution in [3.05, 3.63) is 64.7 Å². The lowest BCUT2D eigenvalue weighted by Gasteiger charge is -2.13. The highest BCUT2D eigenvalue weighted by Crippen LogP contribution is 2.22. The molecular weight excluding hydrogens is 260 g/mol.